The topological polar surface area (TPSA) is 77.5 Å². The predicted octanol–water partition coefficient (Wildman–Crippen LogP) is 8.33. The number of unbranched alkanes of at least 4 members (excludes halogenated alkanes) is 12. The second-order valence-corrected chi connectivity index (χ2v) is 11.0. The lowest BCUT2D eigenvalue weighted by molar-refractivity contribution is -0.169. The molecule has 0 saturated carbocycles. The van der Waals surface area contributed by atoms with E-state index in [2.05, 4.69) is 19.1 Å². The number of hydrogen-bond acceptors (Lipinski definition) is 5. The van der Waals surface area contributed by atoms with E-state index in [1.165, 1.54) is 71.1 Å². The summed E-state index contributed by atoms with van der Waals surface area (Å²) >= 11 is 0. The number of carbonyl (C=O) groups is 4. The Morgan fingerprint density at radius 2 is 1.14 bits per heavy atom. The third kappa shape index (κ3) is 14.1. The number of Topliss-reactive ketones (excluding diaryl/α,β-unsaturated/α-hetero) is 2. The van der Waals surface area contributed by atoms with Crippen molar-refractivity contribution in [2.75, 3.05) is 0 Å². The van der Waals surface area contributed by atoms with Gasteiger partial charge in [0.1, 0.15) is 12.2 Å². The summed E-state index contributed by atoms with van der Waals surface area (Å²) in [5.74, 6) is -3.26. The highest BCUT2D eigenvalue weighted by Crippen LogP contribution is 2.42. The average molecular weight is 507 g/mol. The molecule has 0 aliphatic heterocycles. The smallest absolute Gasteiger partial charge is 0.382 e. The number of ether oxygens (including phenoxy) is 1. The molecule has 5 nitrogen and oxygen atoms in total. The zero-order chi connectivity index (χ0) is 27.4. The number of allylic oxidation sites excluding steroid dienone is 2. The lowest BCUT2D eigenvalue weighted by Gasteiger charge is -2.39. The van der Waals surface area contributed by atoms with Crippen LogP contribution in [0, 0.1) is 17.3 Å². The SMILES string of the molecule is CCCCCCCCC=CCCCCCCCCC(C(=O)C(=O)OC(=O)CC(C)=O)(C(C)C)C(C)C. The maximum atomic E-state index is 13.1. The Morgan fingerprint density at radius 1 is 0.694 bits per heavy atom. The van der Waals surface area contributed by atoms with E-state index in [0.29, 0.717) is 6.42 Å². The number of carbonyl (C=O) groups excluding carboxylic acids is 4. The van der Waals surface area contributed by atoms with E-state index < -0.39 is 35.3 Å². The van der Waals surface area contributed by atoms with Gasteiger partial charge in [-0.1, -0.05) is 111 Å². The van der Waals surface area contributed by atoms with Gasteiger partial charge in [-0.25, -0.2) is 4.79 Å². The Morgan fingerprint density at radius 3 is 1.58 bits per heavy atom. The summed E-state index contributed by atoms with van der Waals surface area (Å²) in [6.07, 6.45) is 21.8. The van der Waals surface area contributed by atoms with E-state index in [9.17, 15) is 19.2 Å². The fourth-order valence-corrected chi connectivity index (χ4v) is 5.13. The molecule has 0 amide bonds. The molecule has 208 valence electrons. The van der Waals surface area contributed by atoms with Crippen molar-refractivity contribution in [2.45, 2.75) is 144 Å². The van der Waals surface area contributed by atoms with E-state index in [-0.39, 0.29) is 11.8 Å². The minimum absolute atomic E-state index is 0.0661. The van der Waals surface area contributed by atoms with Crippen molar-refractivity contribution in [3.8, 4) is 0 Å². The lowest BCUT2D eigenvalue weighted by atomic mass is 9.63. The molecule has 0 saturated heterocycles. The summed E-state index contributed by atoms with van der Waals surface area (Å²) in [5.41, 5.74) is -0.867. The summed E-state index contributed by atoms with van der Waals surface area (Å²) in [4.78, 5) is 48.4. The van der Waals surface area contributed by atoms with Gasteiger partial charge in [0.15, 0.2) is 0 Å². The first-order chi connectivity index (χ1) is 17.1. The van der Waals surface area contributed by atoms with Gasteiger partial charge in [-0.15, -0.1) is 0 Å². The molecule has 0 N–H and O–H groups in total. The Labute approximate surface area is 221 Å². The summed E-state index contributed by atoms with van der Waals surface area (Å²) in [6, 6.07) is 0. The minimum Gasteiger partial charge on any atom is -0.387 e. The van der Waals surface area contributed by atoms with E-state index in [0.717, 1.165) is 25.7 Å². The van der Waals surface area contributed by atoms with E-state index >= 15 is 0 Å². The van der Waals surface area contributed by atoms with Crippen LogP contribution in [0.4, 0.5) is 0 Å². The summed E-state index contributed by atoms with van der Waals surface area (Å²) < 4.78 is 4.71. The molecular formula is C31H54O5. The molecule has 0 fully saturated rings. The van der Waals surface area contributed by atoms with Crippen LogP contribution in [0.25, 0.3) is 0 Å². The van der Waals surface area contributed by atoms with E-state index in [1.807, 2.05) is 27.7 Å². The standard InChI is InChI=1S/C31H54O5/c1-7-8-9-10-11-12-13-14-15-16-17-18-19-20-21-22-23-31(25(2)3,26(4)5)29(34)30(35)36-28(33)24-27(6)32/h14-15,25-26H,7-13,16-24H2,1-6H3. The molecule has 0 aromatic rings. The Hall–Kier alpha value is -1.78. The number of esters is 2. The lowest BCUT2D eigenvalue weighted by Crippen LogP contribution is -2.46. The van der Waals surface area contributed by atoms with Crippen molar-refractivity contribution in [1.82, 2.24) is 0 Å². The quantitative estimate of drug-likeness (QED) is 0.0485. The van der Waals surface area contributed by atoms with Crippen molar-refractivity contribution in [1.29, 1.82) is 0 Å². The van der Waals surface area contributed by atoms with Gasteiger partial charge < -0.3 is 4.74 Å². The number of ketones is 2. The molecule has 5 heteroatoms. The van der Waals surface area contributed by atoms with Crippen molar-refractivity contribution in [2.24, 2.45) is 17.3 Å². The summed E-state index contributed by atoms with van der Waals surface area (Å²) in [7, 11) is 0. The molecular weight excluding hydrogens is 452 g/mol. The summed E-state index contributed by atoms with van der Waals surface area (Å²) in [6.45, 7) is 11.3. The van der Waals surface area contributed by atoms with Crippen molar-refractivity contribution in [3.05, 3.63) is 12.2 Å². The van der Waals surface area contributed by atoms with Crippen LogP contribution in [0.1, 0.15) is 144 Å². The molecule has 0 bridgehead atoms. The van der Waals surface area contributed by atoms with Crippen LogP contribution in [0.2, 0.25) is 0 Å². The normalized spacial score (nSPS) is 12.0. The molecule has 0 unspecified atom stereocenters. The molecule has 0 heterocycles. The second-order valence-electron chi connectivity index (χ2n) is 11.0. The third-order valence-corrected chi connectivity index (χ3v) is 7.37. The maximum Gasteiger partial charge on any atom is 0.382 e. The summed E-state index contributed by atoms with van der Waals surface area (Å²) in [5, 5.41) is 0. The maximum absolute atomic E-state index is 13.1. The average Bonchev–Trinajstić information content (AvgIpc) is 2.79. The molecule has 0 aliphatic rings. The van der Waals surface area contributed by atoms with E-state index in [4.69, 9.17) is 4.74 Å². The van der Waals surface area contributed by atoms with Gasteiger partial charge in [0.05, 0.1) is 0 Å². The van der Waals surface area contributed by atoms with Crippen LogP contribution in [0.15, 0.2) is 12.2 Å². The number of hydrogen-bond donors (Lipinski definition) is 0. The van der Waals surface area contributed by atoms with Gasteiger partial charge in [-0.05, 0) is 50.9 Å². The number of rotatable bonds is 22. The molecule has 0 aromatic heterocycles. The van der Waals surface area contributed by atoms with Crippen LogP contribution < -0.4 is 0 Å². The van der Waals surface area contributed by atoms with Crippen LogP contribution in [0.3, 0.4) is 0 Å². The van der Waals surface area contributed by atoms with Crippen LogP contribution in [0.5, 0.6) is 0 Å². The van der Waals surface area contributed by atoms with Crippen molar-refractivity contribution < 1.29 is 23.9 Å². The van der Waals surface area contributed by atoms with Gasteiger partial charge in [0.2, 0.25) is 5.78 Å². The fourth-order valence-electron chi connectivity index (χ4n) is 5.13. The largest absolute Gasteiger partial charge is 0.387 e. The molecule has 0 aromatic carbocycles. The zero-order valence-corrected chi connectivity index (χ0v) is 24.2. The highest BCUT2D eigenvalue weighted by molar-refractivity contribution is 6.37. The third-order valence-electron chi connectivity index (χ3n) is 7.37. The molecule has 0 atom stereocenters. The zero-order valence-electron chi connectivity index (χ0n) is 24.2. The van der Waals surface area contributed by atoms with Gasteiger partial charge >= 0.3 is 11.9 Å². The Bertz CT molecular complexity index is 666. The van der Waals surface area contributed by atoms with Crippen molar-refractivity contribution >= 4 is 23.5 Å². The van der Waals surface area contributed by atoms with E-state index in [1.54, 1.807) is 0 Å². The Kier molecular flexibility index (Phi) is 19.3. The second kappa shape index (κ2) is 20.3. The fraction of sp³-hybridized carbons (Fsp3) is 0.806. The highest BCUT2D eigenvalue weighted by atomic mass is 16.6. The van der Waals surface area contributed by atoms with Gasteiger partial charge in [-0.3, -0.25) is 14.4 Å². The first kappa shape index (κ1) is 34.2. The first-order valence-electron chi connectivity index (χ1n) is 14.5. The molecule has 0 rings (SSSR count). The Balaban J connectivity index is 4.33. The minimum atomic E-state index is -1.13. The monoisotopic (exact) mass is 506 g/mol. The highest BCUT2D eigenvalue weighted by Gasteiger charge is 2.47. The van der Waals surface area contributed by atoms with Gasteiger partial charge in [0, 0.05) is 5.41 Å². The van der Waals surface area contributed by atoms with Gasteiger partial charge in [0.25, 0.3) is 0 Å². The molecule has 0 aliphatic carbocycles. The van der Waals surface area contributed by atoms with Crippen LogP contribution in [-0.4, -0.2) is 23.5 Å². The molecule has 36 heavy (non-hydrogen) atoms. The first-order valence-corrected chi connectivity index (χ1v) is 14.5. The molecule has 0 spiro atoms. The molecule has 0 radical (unpaired) electrons. The van der Waals surface area contributed by atoms with Gasteiger partial charge in [-0.2, -0.15) is 0 Å². The van der Waals surface area contributed by atoms with Crippen molar-refractivity contribution in [3.63, 3.8) is 0 Å². The van der Waals surface area contributed by atoms with Crippen LogP contribution >= 0.6 is 0 Å². The predicted molar refractivity (Wildman–Crippen MR) is 148 cm³/mol. The van der Waals surface area contributed by atoms with Crippen LogP contribution in [-0.2, 0) is 23.9 Å².